The highest BCUT2D eigenvalue weighted by atomic mass is 35.5. The first-order valence-electron chi connectivity index (χ1n) is 8.94. The zero-order valence-corrected chi connectivity index (χ0v) is 18.0. The van der Waals surface area contributed by atoms with Crippen molar-refractivity contribution in [1.82, 2.24) is 9.97 Å². The molecule has 0 aliphatic carbocycles. The summed E-state index contributed by atoms with van der Waals surface area (Å²) in [7, 11) is 0. The molecule has 0 radical (unpaired) electrons. The zero-order valence-electron chi connectivity index (χ0n) is 14.9. The number of thiophene rings is 1. The monoisotopic (exact) mass is 460 g/mol. The number of rotatable bonds is 2. The van der Waals surface area contributed by atoms with Crippen molar-refractivity contribution in [2.45, 2.75) is 16.9 Å². The Bertz CT molecular complexity index is 1320. The third-order valence-electron chi connectivity index (χ3n) is 5.06. The number of halogens is 2. The summed E-state index contributed by atoms with van der Waals surface area (Å²) in [5.41, 5.74) is 2.46. The van der Waals surface area contributed by atoms with E-state index in [1.165, 1.54) is 11.3 Å². The summed E-state index contributed by atoms with van der Waals surface area (Å²) in [5, 5.41) is 2.16. The molecule has 0 amide bonds. The number of benzene rings is 2. The minimum Gasteiger partial charge on any atom is -0.298 e. The van der Waals surface area contributed by atoms with Crippen LogP contribution in [0.5, 0.6) is 0 Å². The highest BCUT2D eigenvalue weighted by molar-refractivity contribution is 8.00. The lowest BCUT2D eigenvalue weighted by molar-refractivity contribution is 0.893. The molecule has 5 rings (SSSR count). The van der Waals surface area contributed by atoms with E-state index in [9.17, 15) is 9.59 Å². The molecule has 8 heteroatoms. The fraction of sp³-hybridized carbons (Fsp3) is 0.143. The standard InChI is InChI=1S/C21H14Cl2N2O2S2/c22-12-5-1-10(2-6-12)15-9-14-16-19(26)24-21(27)25-20(16)29-18(14)17(28-15)11-3-7-13(23)8-4-11/h1-8,15,17H,9H2,(H2,24,25,26,27). The van der Waals surface area contributed by atoms with Gasteiger partial charge in [0.1, 0.15) is 4.83 Å². The molecule has 4 nitrogen and oxygen atoms in total. The van der Waals surface area contributed by atoms with Crippen LogP contribution in [0.15, 0.2) is 58.1 Å². The number of fused-ring (bicyclic) bond motifs is 3. The Hall–Kier alpha value is -1.99. The van der Waals surface area contributed by atoms with Crippen LogP contribution in [-0.4, -0.2) is 9.97 Å². The predicted molar refractivity (Wildman–Crippen MR) is 122 cm³/mol. The molecule has 2 N–H and O–H groups in total. The number of nitrogens with one attached hydrogen (secondary N) is 2. The highest BCUT2D eigenvalue weighted by Gasteiger charge is 2.34. The first-order valence-corrected chi connectivity index (χ1v) is 11.5. The van der Waals surface area contributed by atoms with E-state index < -0.39 is 5.69 Å². The molecule has 1 aliphatic rings. The molecule has 2 atom stereocenters. The van der Waals surface area contributed by atoms with Gasteiger partial charge in [0, 0.05) is 20.2 Å². The smallest absolute Gasteiger partial charge is 0.298 e. The number of thioether (sulfide) groups is 1. The predicted octanol–water partition coefficient (Wildman–Crippen LogP) is 5.70. The lowest BCUT2D eigenvalue weighted by atomic mass is 9.98. The maximum atomic E-state index is 12.6. The van der Waals surface area contributed by atoms with Crippen LogP contribution in [0.3, 0.4) is 0 Å². The fourth-order valence-corrected chi connectivity index (χ4v) is 7.01. The molecular formula is C21H14Cl2N2O2S2. The molecule has 0 saturated carbocycles. The number of hydrogen-bond acceptors (Lipinski definition) is 4. The summed E-state index contributed by atoms with van der Waals surface area (Å²) >= 11 is 15.5. The Kier molecular flexibility index (Phi) is 4.82. The first kappa shape index (κ1) is 19.0. The van der Waals surface area contributed by atoms with E-state index in [1.807, 2.05) is 60.3 Å². The van der Waals surface area contributed by atoms with Gasteiger partial charge in [-0.25, -0.2) is 4.79 Å². The quantitative estimate of drug-likeness (QED) is 0.402. The third-order valence-corrected chi connectivity index (χ3v) is 8.47. The van der Waals surface area contributed by atoms with Crippen LogP contribution in [0.1, 0.15) is 32.1 Å². The lowest BCUT2D eigenvalue weighted by Gasteiger charge is -2.30. The SMILES string of the molecule is O=c1[nH]c(=O)c2c3c(sc2[nH]1)C(c1ccc(Cl)cc1)SC(c1ccc(Cl)cc1)C3. The number of aromatic amines is 2. The topological polar surface area (TPSA) is 65.7 Å². The van der Waals surface area contributed by atoms with E-state index in [0.717, 1.165) is 21.6 Å². The van der Waals surface area contributed by atoms with Crippen LogP contribution in [-0.2, 0) is 6.42 Å². The Morgan fingerprint density at radius 1 is 0.862 bits per heavy atom. The Morgan fingerprint density at radius 3 is 2.14 bits per heavy atom. The molecule has 2 aromatic heterocycles. The van der Waals surface area contributed by atoms with Gasteiger partial charge in [-0.3, -0.25) is 14.8 Å². The second kappa shape index (κ2) is 7.36. The van der Waals surface area contributed by atoms with Gasteiger partial charge in [0.2, 0.25) is 0 Å². The normalized spacial score (nSPS) is 18.7. The molecule has 146 valence electrons. The number of H-pyrrole nitrogens is 2. The van der Waals surface area contributed by atoms with Crippen LogP contribution in [0, 0.1) is 0 Å². The van der Waals surface area contributed by atoms with Crippen LogP contribution < -0.4 is 11.2 Å². The fourth-order valence-electron chi connectivity index (χ4n) is 3.73. The van der Waals surface area contributed by atoms with E-state index in [0.29, 0.717) is 26.7 Å². The average molecular weight is 461 g/mol. The minimum absolute atomic E-state index is 0.0389. The molecule has 2 unspecified atom stereocenters. The van der Waals surface area contributed by atoms with Crippen LogP contribution in [0.2, 0.25) is 10.0 Å². The molecule has 2 aromatic carbocycles. The van der Waals surface area contributed by atoms with Crippen LogP contribution in [0.4, 0.5) is 0 Å². The van der Waals surface area contributed by atoms with E-state index in [1.54, 1.807) is 0 Å². The molecule has 29 heavy (non-hydrogen) atoms. The summed E-state index contributed by atoms with van der Waals surface area (Å²) in [6.45, 7) is 0. The molecule has 0 spiro atoms. The Balaban J connectivity index is 1.71. The van der Waals surface area contributed by atoms with Crippen molar-refractivity contribution >= 4 is 56.5 Å². The van der Waals surface area contributed by atoms with Crippen LogP contribution in [0.25, 0.3) is 10.2 Å². The summed E-state index contributed by atoms with van der Waals surface area (Å²) in [4.78, 5) is 31.3. The largest absolute Gasteiger partial charge is 0.326 e. The van der Waals surface area contributed by atoms with Gasteiger partial charge in [0.25, 0.3) is 5.56 Å². The second-order valence-electron chi connectivity index (χ2n) is 6.87. The average Bonchev–Trinajstić information content (AvgIpc) is 3.07. The summed E-state index contributed by atoms with van der Waals surface area (Å²) in [6.07, 6.45) is 0.709. The van der Waals surface area contributed by atoms with Gasteiger partial charge >= 0.3 is 5.69 Å². The first-order chi connectivity index (χ1) is 14.0. The van der Waals surface area contributed by atoms with Crippen molar-refractivity contribution < 1.29 is 0 Å². The Labute approximate surface area is 183 Å². The molecule has 1 aliphatic heterocycles. The van der Waals surface area contributed by atoms with Crippen molar-refractivity contribution in [2.24, 2.45) is 0 Å². The van der Waals surface area contributed by atoms with E-state index in [-0.39, 0.29) is 16.1 Å². The van der Waals surface area contributed by atoms with Crippen molar-refractivity contribution in [1.29, 1.82) is 0 Å². The van der Waals surface area contributed by atoms with Crippen molar-refractivity contribution in [3.8, 4) is 0 Å². The molecule has 3 heterocycles. The van der Waals surface area contributed by atoms with Crippen molar-refractivity contribution in [3.05, 3.63) is 101 Å². The van der Waals surface area contributed by atoms with Crippen molar-refractivity contribution in [2.75, 3.05) is 0 Å². The molecule has 0 bridgehead atoms. The number of aromatic nitrogens is 2. The highest BCUT2D eigenvalue weighted by Crippen LogP contribution is 2.54. The van der Waals surface area contributed by atoms with Gasteiger partial charge in [-0.1, -0.05) is 47.5 Å². The number of hydrogen-bond donors (Lipinski definition) is 2. The second-order valence-corrected chi connectivity index (χ2v) is 10.1. The van der Waals surface area contributed by atoms with Gasteiger partial charge in [0.15, 0.2) is 0 Å². The van der Waals surface area contributed by atoms with Gasteiger partial charge in [-0.15, -0.1) is 23.1 Å². The van der Waals surface area contributed by atoms with Crippen molar-refractivity contribution in [3.63, 3.8) is 0 Å². The Morgan fingerprint density at radius 2 is 1.48 bits per heavy atom. The van der Waals surface area contributed by atoms with Crippen LogP contribution >= 0.6 is 46.3 Å². The van der Waals surface area contributed by atoms with E-state index >= 15 is 0 Å². The molecule has 0 saturated heterocycles. The van der Waals surface area contributed by atoms with E-state index in [2.05, 4.69) is 9.97 Å². The van der Waals surface area contributed by atoms with E-state index in [4.69, 9.17) is 23.2 Å². The molecule has 4 aromatic rings. The minimum atomic E-state index is -0.481. The maximum Gasteiger partial charge on any atom is 0.326 e. The lowest BCUT2D eigenvalue weighted by Crippen LogP contribution is -2.22. The van der Waals surface area contributed by atoms with Gasteiger partial charge in [-0.2, -0.15) is 0 Å². The third kappa shape index (κ3) is 3.44. The summed E-state index contributed by atoms with van der Waals surface area (Å²) < 4.78 is 0. The molecular weight excluding hydrogens is 447 g/mol. The van der Waals surface area contributed by atoms with Gasteiger partial charge in [0.05, 0.1) is 10.6 Å². The van der Waals surface area contributed by atoms with Gasteiger partial charge in [-0.05, 0) is 47.4 Å². The summed E-state index contributed by atoms with van der Waals surface area (Å²) in [5.74, 6) is 0. The summed E-state index contributed by atoms with van der Waals surface area (Å²) in [6, 6.07) is 15.6. The molecule has 0 fully saturated rings. The maximum absolute atomic E-state index is 12.6. The zero-order chi connectivity index (χ0) is 20.1. The van der Waals surface area contributed by atoms with Gasteiger partial charge < -0.3 is 0 Å².